The van der Waals surface area contributed by atoms with Crippen LogP contribution >= 0.6 is 0 Å². The first-order valence-electron chi connectivity index (χ1n) is 11.1. The third kappa shape index (κ3) is 7.54. The molecule has 2 aromatic rings. The predicted molar refractivity (Wildman–Crippen MR) is 126 cm³/mol. The van der Waals surface area contributed by atoms with Gasteiger partial charge < -0.3 is 36.9 Å². The largest absolute Gasteiger partial charge is 0.481 e. The van der Waals surface area contributed by atoms with Gasteiger partial charge >= 0.3 is 11.9 Å². The summed E-state index contributed by atoms with van der Waals surface area (Å²) in [5.74, 6) is -5.50. The maximum atomic E-state index is 13.2. The van der Waals surface area contributed by atoms with Crippen LogP contribution < -0.4 is 21.7 Å². The summed E-state index contributed by atoms with van der Waals surface area (Å²) in [6.45, 7) is 4.73. The topological polar surface area (TPSA) is 204 Å². The third-order valence-corrected chi connectivity index (χ3v) is 5.39. The first kappa shape index (κ1) is 27.3. The molecule has 0 spiro atoms. The van der Waals surface area contributed by atoms with Crippen molar-refractivity contribution in [1.29, 1.82) is 0 Å². The van der Waals surface area contributed by atoms with Crippen molar-refractivity contribution in [2.75, 3.05) is 0 Å². The molecule has 4 unspecified atom stereocenters. The molecule has 12 nitrogen and oxygen atoms in total. The highest BCUT2D eigenvalue weighted by atomic mass is 16.4. The van der Waals surface area contributed by atoms with Crippen molar-refractivity contribution in [2.24, 2.45) is 11.7 Å². The van der Waals surface area contributed by atoms with Crippen LogP contribution in [0.2, 0.25) is 0 Å². The Morgan fingerprint density at radius 3 is 2.11 bits per heavy atom. The number of nitrogens with two attached hydrogens (primary N) is 1. The van der Waals surface area contributed by atoms with E-state index in [1.54, 1.807) is 20.0 Å². The fourth-order valence-electron chi connectivity index (χ4n) is 3.46. The van der Waals surface area contributed by atoms with E-state index in [-0.39, 0.29) is 6.42 Å². The average molecular weight is 490 g/mol. The van der Waals surface area contributed by atoms with Crippen LogP contribution in [0.5, 0.6) is 0 Å². The van der Waals surface area contributed by atoms with Crippen LogP contribution in [0.15, 0.2) is 30.5 Å². The molecule has 0 aliphatic carbocycles. The van der Waals surface area contributed by atoms with Gasteiger partial charge in [0.1, 0.15) is 18.1 Å². The van der Waals surface area contributed by atoms with Gasteiger partial charge in [0.25, 0.3) is 0 Å². The Bertz CT molecular complexity index is 1090. The summed E-state index contributed by atoms with van der Waals surface area (Å²) < 4.78 is 0. The van der Waals surface area contributed by atoms with Gasteiger partial charge in [0.05, 0.1) is 12.5 Å². The molecule has 4 atom stereocenters. The van der Waals surface area contributed by atoms with E-state index in [1.165, 1.54) is 6.92 Å². The lowest BCUT2D eigenvalue weighted by molar-refractivity contribution is -0.147. The molecule has 0 saturated carbocycles. The number of carboxylic acid groups (broad SMARTS) is 2. The number of aliphatic carboxylic acids is 2. The summed E-state index contributed by atoms with van der Waals surface area (Å²) in [4.78, 5) is 63.6. The van der Waals surface area contributed by atoms with Crippen LogP contribution in [-0.4, -0.2) is 69.0 Å². The van der Waals surface area contributed by atoms with Gasteiger partial charge in [-0.3, -0.25) is 19.2 Å². The lowest BCUT2D eigenvalue weighted by Gasteiger charge is -2.26. The summed E-state index contributed by atoms with van der Waals surface area (Å²) in [5.41, 5.74) is 7.25. The van der Waals surface area contributed by atoms with Crippen LogP contribution in [0.1, 0.15) is 32.8 Å². The second-order valence-corrected chi connectivity index (χ2v) is 8.64. The number of hydrogen-bond acceptors (Lipinski definition) is 6. The minimum Gasteiger partial charge on any atom is -0.481 e. The molecular formula is C23H31N5O7. The Morgan fingerprint density at radius 2 is 1.54 bits per heavy atom. The molecule has 0 bridgehead atoms. The first-order valence-corrected chi connectivity index (χ1v) is 11.1. The highest BCUT2D eigenvalue weighted by molar-refractivity contribution is 5.95. The number of carbonyl (C=O) groups is 5. The van der Waals surface area contributed by atoms with Crippen molar-refractivity contribution in [3.63, 3.8) is 0 Å². The fourth-order valence-corrected chi connectivity index (χ4v) is 3.46. The van der Waals surface area contributed by atoms with Crippen molar-refractivity contribution < 1.29 is 34.2 Å². The lowest BCUT2D eigenvalue weighted by Crippen LogP contribution is -2.58. The lowest BCUT2D eigenvalue weighted by atomic mass is 10.00. The molecule has 1 heterocycles. The van der Waals surface area contributed by atoms with Crippen LogP contribution in [0.4, 0.5) is 0 Å². The summed E-state index contributed by atoms with van der Waals surface area (Å²) >= 11 is 0. The molecule has 0 aliphatic rings. The number of hydrogen-bond donors (Lipinski definition) is 7. The van der Waals surface area contributed by atoms with Crippen LogP contribution in [-0.2, 0) is 30.4 Å². The predicted octanol–water partition coefficient (Wildman–Crippen LogP) is -0.273. The fraction of sp³-hybridized carbons (Fsp3) is 0.435. The molecule has 1 aromatic heterocycles. The van der Waals surface area contributed by atoms with E-state index in [1.807, 2.05) is 24.3 Å². The van der Waals surface area contributed by atoms with Gasteiger partial charge in [-0.05, 0) is 24.5 Å². The molecule has 12 heteroatoms. The van der Waals surface area contributed by atoms with Crippen molar-refractivity contribution >= 4 is 40.6 Å². The standard InChI is InChI=1S/C23H31N5O7/c1-11(2)19(22(33)27-17(23(34)35)9-18(29)30)28-21(32)16(26-20(31)12(3)24)8-13-10-25-15-7-5-4-6-14(13)15/h4-7,10-12,16-17,19,25H,8-9,24H2,1-3H3,(H,26,31)(H,27,33)(H,28,32)(H,29,30)(H,34,35). The molecule has 190 valence electrons. The van der Waals surface area contributed by atoms with Gasteiger partial charge in [0.15, 0.2) is 0 Å². The highest BCUT2D eigenvalue weighted by Gasteiger charge is 2.32. The Kier molecular flexibility index (Phi) is 9.34. The smallest absolute Gasteiger partial charge is 0.326 e. The number of nitrogens with one attached hydrogen (secondary N) is 4. The number of amides is 3. The highest BCUT2D eigenvalue weighted by Crippen LogP contribution is 2.19. The van der Waals surface area contributed by atoms with Gasteiger partial charge in [-0.2, -0.15) is 0 Å². The minimum atomic E-state index is -1.67. The molecule has 0 radical (unpaired) electrons. The summed E-state index contributed by atoms with van der Waals surface area (Å²) in [6, 6.07) is 2.59. The van der Waals surface area contributed by atoms with Gasteiger partial charge in [-0.1, -0.05) is 32.0 Å². The number of carboxylic acids is 2. The second-order valence-electron chi connectivity index (χ2n) is 8.64. The summed E-state index contributed by atoms with van der Waals surface area (Å²) in [7, 11) is 0. The van der Waals surface area contributed by atoms with E-state index in [4.69, 9.17) is 10.8 Å². The zero-order valence-electron chi connectivity index (χ0n) is 19.7. The molecule has 0 saturated heterocycles. The zero-order valence-corrected chi connectivity index (χ0v) is 19.7. The second kappa shape index (κ2) is 12.0. The minimum absolute atomic E-state index is 0.0947. The van der Waals surface area contributed by atoms with Crippen molar-refractivity contribution in [1.82, 2.24) is 20.9 Å². The quantitative estimate of drug-likeness (QED) is 0.211. The number of rotatable bonds is 12. The van der Waals surface area contributed by atoms with Gasteiger partial charge in [0.2, 0.25) is 17.7 Å². The number of para-hydroxylation sites is 1. The van der Waals surface area contributed by atoms with E-state index in [0.717, 1.165) is 16.5 Å². The van der Waals surface area contributed by atoms with E-state index >= 15 is 0 Å². The Hall–Kier alpha value is -3.93. The van der Waals surface area contributed by atoms with E-state index < -0.39 is 66.2 Å². The summed E-state index contributed by atoms with van der Waals surface area (Å²) in [6.07, 6.45) is 0.990. The maximum Gasteiger partial charge on any atom is 0.326 e. The summed E-state index contributed by atoms with van der Waals surface area (Å²) in [5, 5.41) is 26.3. The number of aromatic nitrogens is 1. The number of aromatic amines is 1. The van der Waals surface area contributed by atoms with Crippen LogP contribution in [0.25, 0.3) is 10.9 Å². The third-order valence-electron chi connectivity index (χ3n) is 5.39. The van der Waals surface area contributed by atoms with Crippen molar-refractivity contribution in [3.05, 3.63) is 36.0 Å². The molecular weight excluding hydrogens is 458 g/mol. The molecule has 1 aromatic carbocycles. The van der Waals surface area contributed by atoms with Crippen molar-refractivity contribution in [2.45, 2.75) is 57.8 Å². The molecule has 3 amide bonds. The molecule has 0 fully saturated rings. The van der Waals surface area contributed by atoms with Crippen LogP contribution in [0, 0.1) is 5.92 Å². The van der Waals surface area contributed by atoms with Gasteiger partial charge in [0, 0.05) is 23.5 Å². The maximum absolute atomic E-state index is 13.2. The Morgan fingerprint density at radius 1 is 0.914 bits per heavy atom. The van der Waals surface area contributed by atoms with E-state index in [2.05, 4.69) is 20.9 Å². The normalized spacial score (nSPS) is 14.5. The number of carbonyl (C=O) groups excluding carboxylic acids is 3. The van der Waals surface area contributed by atoms with Crippen LogP contribution in [0.3, 0.4) is 0 Å². The van der Waals surface area contributed by atoms with Gasteiger partial charge in [-0.25, -0.2) is 4.79 Å². The molecule has 2 rings (SSSR count). The van der Waals surface area contributed by atoms with Gasteiger partial charge in [-0.15, -0.1) is 0 Å². The zero-order chi connectivity index (χ0) is 26.3. The number of H-pyrrole nitrogens is 1. The molecule has 35 heavy (non-hydrogen) atoms. The average Bonchev–Trinajstić information content (AvgIpc) is 3.18. The SMILES string of the molecule is CC(N)C(=O)NC(Cc1c[nH]c2ccccc12)C(=O)NC(C(=O)NC(CC(=O)O)C(=O)O)C(C)C. The van der Waals surface area contributed by atoms with E-state index in [9.17, 15) is 29.1 Å². The Balaban J connectivity index is 2.25. The Labute approximate surface area is 201 Å². The monoisotopic (exact) mass is 489 g/mol. The van der Waals surface area contributed by atoms with Crippen molar-refractivity contribution in [3.8, 4) is 0 Å². The number of fused-ring (bicyclic) bond motifs is 1. The molecule has 0 aliphatic heterocycles. The van der Waals surface area contributed by atoms with E-state index in [0.29, 0.717) is 0 Å². The molecule has 8 N–H and O–H groups in total. The first-order chi connectivity index (χ1) is 16.4. The number of benzene rings is 1.